The lowest BCUT2D eigenvalue weighted by Crippen LogP contribution is -2.61. The molecular formula is C41H45ClN8O5. The second kappa shape index (κ2) is 14.4. The number of aryl methyl sites for hydroxylation is 2. The zero-order valence-electron chi connectivity index (χ0n) is 31.7. The van der Waals surface area contributed by atoms with Crippen molar-refractivity contribution in [3.05, 3.63) is 97.3 Å². The van der Waals surface area contributed by atoms with Crippen LogP contribution >= 0.6 is 11.6 Å². The summed E-state index contributed by atoms with van der Waals surface area (Å²) in [5, 5.41) is 7.59. The Morgan fingerprint density at radius 1 is 1.00 bits per heavy atom. The van der Waals surface area contributed by atoms with Gasteiger partial charge in [-0.15, -0.1) is 0 Å². The number of carbonyl (C=O) groups excluding carboxylic acids is 1. The first-order valence-electron chi connectivity index (χ1n) is 18.6. The van der Waals surface area contributed by atoms with Gasteiger partial charge in [0.2, 0.25) is 5.88 Å². The Kier molecular flexibility index (Phi) is 9.64. The molecule has 5 aromatic rings. The smallest absolute Gasteiger partial charge is 0.330 e. The number of fused-ring (bicyclic) bond motifs is 2. The number of hydrogen-bond acceptors (Lipinski definition) is 9. The van der Waals surface area contributed by atoms with E-state index in [1.165, 1.54) is 17.2 Å². The number of nitrogens with zero attached hydrogens (tertiary/aromatic N) is 6. The Morgan fingerprint density at radius 3 is 2.55 bits per heavy atom. The van der Waals surface area contributed by atoms with E-state index in [1.54, 1.807) is 33.5 Å². The van der Waals surface area contributed by atoms with Crippen molar-refractivity contribution in [2.45, 2.75) is 44.2 Å². The molecule has 2 N–H and O–H groups in total. The van der Waals surface area contributed by atoms with Gasteiger partial charge in [-0.1, -0.05) is 41.9 Å². The number of pyridine rings is 2. The van der Waals surface area contributed by atoms with Crippen LogP contribution in [0.15, 0.2) is 64.3 Å². The Labute approximate surface area is 323 Å². The molecule has 3 aliphatic rings. The molecule has 0 saturated carbocycles. The molecule has 5 heterocycles. The Morgan fingerprint density at radius 2 is 1.76 bits per heavy atom. The Hall–Kier alpha value is -5.24. The van der Waals surface area contributed by atoms with Gasteiger partial charge < -0.3 is 25.0 Å². The fourth-order valence-corrected chi connectivity index (χ4v) is 9.02. The van der Waals surface area contributed by atoms with Crippen LogP contribution in [0, 0.1) is 6.92 Å². The maximum absolute atomic E-state index is 13.2. The number of urea groups is 1. The summed E-state index contributed by atoms with van der Waals surface area (Å²) in [6.07, 6.45) is 5.23. The molecule has 2 fully saturated rings. The first-order chi connectivity index (χ1) is 26.5. The Balaban J connectivity index is 1.07. The lowest BCUT2D eigenvalue weighted by Gasteiger charge is -2.40. The second-order valence-electron chi connectivity index (χ2n) is 14.8. The van der Waals surface area contributed by atoms with E-state index in [9.17, 15) is 14.4 Å². The van der Waals surface area contributed by atoms with E-state index >= 15 is 0 Å². The van der Waals surface area contributed by atoms with Crippen LogP contribution in [0.5, 0.6) is 5.88 Å². The highest BCUT2D eigenvalue weighted by molar-refractivity contribution is 6.36. The number of benzene rings is 2. The van der Waals surface area contributed by atoms with E-state index in [1.807, 2.05) is 48.2 Å². The average Bonchev–Trinajstić information content (AvgIpc) is 3.81. The van der Waals surface area contributed by atoms with Gasteiger partial charge in [0.1, 0.15) is 11.2 Å². The summed E-state index contributed by atoms with van der Waals surface area (Å²) in [5.41, 5.74) is 6.68. The molecular weight excluding hydrogens is 720 g/mol. The predicted molar refractivity (Wildman–Crippen MR) is 213 cm³/mol. The van der Waals surface area contributed by atoms with Gasteiger partial charge in [-0.05, 0) is 67.5 Å². The zero-order valence-corrected chi connectivity index (χ0v) is 32.5. The Bertz CT molecular complexity index is 2470. The predicted octanol–water partition coefficient (Wildman–Crippen LogP) is 5.57. The van der Waals surface area contributed by atoms with E-state index in [2.05, 4.69) is 26.6 Å². The van der Waals surface area contributed by atoms with Crippen LogP contribution in [0.3, 0.4) is 0 Å². The van der Waals surface area contributed by atoms with E-state index in [4.69, 9.17) is 26.1 Å². The first-order valence-corrected chi connectivity index (χ1v) is 19.0. The lowest BCUT2D eigenvalue weighted by atomic mass is 9.92. The van der Waals surface area contributed by atoms with Crippen LogP contribution in [0.4, 0.5) is 16.3 Å². The molecule has 8 rings (SSSR count). The number of nitrogens with one attached hydrogen (secondary N) is 2. The lowest BCUT2D eigenvalue weighted by molar-refractivity contribution is 0.114. The first kappa shape index (κ1) is 36.7. The van der Waals surface area contributed by atoms with Crippen molar-refractivity contribution >= 4 is 40.0 Å². The molecule has 0 unspecified atom stereocenters. The van der Waals surface area contributed by atoms with Gasteiger partial charge in [0.05, 0.1) is 35.5 Å². The molecule has 0 radical (unpaired) electrons. The average molecular weight is 765 g/mol. The number of likely N-dealkylation sites (tertiary alicyclic amines) is 1. The SMILES string of the molecule is COCCN1CC[C@]2(CCN([C@H]3CCc4cc(-c5cccc(-c6cccc(Nc7nccc8c7c(=O)n(C)c(=O)n8C)c6C)c5Cl)nc(OC)c43)C2)NC1=O. The van der Waals surface area contributed by atoms with Gasteiger partial charge in [-0.25, -0.2) is 19.6 Å². The number of anilines is 2. The fourth-order valence-electron chi connectivity index (χ4n) is 8.70. The number of halogens is 1. The number of rotatable bonds is 9. The summed E-state index contributed by atoms with van der Waals surface area (Å²) in [7, 11) is 6.43. The molecule has 2 atom stereocenters. The summed E-state index contributed by atoms with van der Waals surface area (Å²) in [6, 6.07) is 15.8. The van der Waals surface area contributed by atoms with Crippen LogP contribution in [0.1, 0.15) is 42.0 Å². The number of ether oxygens (including phenoxy) is 2. The summed E-state index contributed by atoms with van der Waals surface area (Å²) >= 11 is 7.28. The number of aromatic nitrogens is 4. The third kappa shape index (κ3) is 6.33. The van der Waals surface area contributed by atoms with Gasteiger partial charge in [0, 0.05) is 82.0 Å². The minimum Gasteiger partial charge on any atom is -0.481 e. The van der Waals surface area contributed by atoms with E-state index in [0.717, 1.165) is 89.1 Å². The van der Waals surface area contributed by atoms with Gasteiger partial charge in [-0.3, -0.25) is 18.8 Å². The van der Waals surface area contributed by atoms with Crippen LogP contribution in [0.25, 0.3) is 33.3 Å². The molecule has 2 aliphatic heterocycles. The van der Waals surface area contributed by atoms with Crippen molar-refractivity contribution in [1.29, 1.82) is 0 Å². The summed E-state index contributed by atoms with van der Waals surface area (Å²) < 4.78 is 13.7. The van der Waals surface area contributed by atoms with Crippen LogP contribution in [0.2, 0.25) is 5.02 Å². The minimum absolute atomic E-state index is 0.0128. The molecule has 13 nitrogen and oxygen atoms in total. The van der Waals surface area contributed by atoms with Crippen molar-refractivity contribution in [3.63, 3.8) is 0 Å². The molecule has 3 aromatic heterocycles. The maximum Gasteiger partial charge on any atom is 0.330 e. The van der Waals surface area contributed by atoms with Gasteiger partial charge >= 0.3 is 11.7 Å². The summed E-state index contributed by atoms with van der Waals surface area (Å²) in [6.45, 7) is 5.53. The molecule has 1 aliphatic carbocycles. The van der Waals surface area contributed by atoms with E-state index < -0.39 is 11.2 Å². The largest absolute Gasteiger partial charge is 0.481 e. The molecule has 1 spiro atoms. The highest BCUT2D eigenvalue weighted by Crippen LogP contribution is 2.47. The normalized spacial score (nSPS) is 19.6. The van der Waals surface area contributed by atoms with Gasteiger partial charge in [0.15, 0.2) is 0 Å². The molecule has 2 amide bonds. The van der Waals surface area contributed by atoms with Crippen molar-refractivity contribution in [2.75, 3.05) is 52.3 Å². The quantitative estimate of drug-likeness (QED) is 0.198. The number of methoxy groups -OCH3 is 2. The molecule has 0 bridgehead atoms. The van der Waals surface area contributed by atoms with Crippen molar-refractivity contribution in [2.24, 2.45) is 14.1 Å². The minimum atomic E-state index is -0.422. The summed E-state index contributed by atoms with van der Waals surface area (Å²) in [4.78, 5) is 52.7. The highest BCUT2D eigenvalue weighted by atomic mass is 35.5. The monoisotopic (exact) mass is 764 g/mol. The van der Waals surface area contributed by atoms with Gasteiger partial charge in [0.25, 0.3) is 5.56 Å². The van der Waals surface area contributed by atoms with Crippen molar-refractivity contribution in [1.82, 2.24) is 34.2 Å². The van der Waals surface area contributed by atoms with Crippen LogP contribution in [-0.2, 0) is 25.3 Å². The molecule has 2 saturated heterocycles. The number of carbonyl (C=O) groups is 1. The third-order valence-corrected chi connectivity index (χ3v) is 12.2. The highest BCUT2D eigenvalue weighted by Gasteiger charge is 2.46. The maximum atomic E-state index is 13.2. The van der Waals surface area contributed by atoms with Crippen LogP contribution < -0.4 is 26.6 Å². The molecule has 286 valence electrons. The van der Waals surface area contributed by atoms with E-state index in [0.29, 0.717) is 40.8 Å². The zero-order chi connectivity index (χ0) is 38.6. The standard InChI is InChI=1S/C41H45ClN8O5/c1-24-26(8-7-11-29(24)44-36-34-31(14-17-43-36)47(2)40(53)48(3)38(34)51)27-9-6-10-28(35(27)42)30-22-25-12-13-32(33(25)37(45-30)55-5)50-19-16-41(23-50)15-18-49(20-21-54-4)39(52)46-41/h6-11,14,17,22,32H,12-13,15-16,18-21,23H2,1-5H3,(H,43,44)(H,46,52)/t32-,41+/m0/s1. The molecule has 2 aromatic carbocycles. The number of amides is 2. The van der Waals surface area contributed by atoms with Crippen LogP contribution in [-0.4, -0.2) is 87.5 Å². The van der Waals surface area contributed by atoms with Crippen molar-refractivity contribution in [3.8, 4) is 28.3 Å². The fraction of sp³-hybridized carbons (Fsp3) is 0.390. The molecule has 14 heteroatoms. The summed E-state index contributed by atoms with van der Waals surface area (Å²) in [5.74, 6) is 0.961. The van der Waals surface area contributed by atoms with E-state index in [-0.39, 0.29) is 17.6 Å². The number of hydrogen-bond donors (Lipinski definition) is 2. The molecule has 55 heavy (non-hydrogen) atoms. The second-order valence-corrected chi connectivity index (χ2v) is 15.2. The third-order valence-electron chi connectivity index (χ3n) is 11.8. The topological polar surface area (TPSA) is 136 Å². The van der Waals surface area contributed by atoms with Crippen molar-refractivity contribution < 1.29 is 14.3 Å². The van der Waals surface area contributed by atoms with Gasteiger partial charge in [-0.2, -0.15) is 0 Å².